The third-order valence-electron chi connectivity index (χ3n) is 7.33. The van der Waals surface area contributed by atoms with E-state index in [2.05, 4.69) is 25.4 Å². The van der Waals surface area contributed by atoms with Crippen molar-refractivity contribution in [2.75, 3.05) is 24.3 Å². The summed E-state index contributed by atoms with van der Waals surface area (Å²) in [5, 5.41) is 7.69. The molecule has 0 aliphatic heterocycles. The summed E-state index contributed by atoms with van der Waals surface area (Å²) in [6.45, 7) is 2.30. The summed E-state index contributed by atoms with van der Waals surface area (Å²) in [6, 6.07) is 10.2. The minimum Gasteiger partial charge on any atom is -0.461 e. The number of hydrogen-bond donors (Lipinski definition) is 2. The summed E-state index contributed by atoms with van der Waals surface area (Å²) in [5.41, 5.74) is 8.30. The summed E-state index contributed by atoms with van der Waals surface area (Å²) >= 11 is 0. The molecule has 0 spiro atoms. The lowest BCUT2D eigenvalue weighted by Crippen LogP contribution is -2.21. The molecule has 0 amide bonds. The summed E-state index contributed by atoms with van der Waals surface area (Å²) in [6.07, 6.45) is 7.02. The van der Waals surface area contributed by atoms with Crippen molar-refractivity contribution < 1.29 is 18.7 Å². The van der Waals surface area contributed by atoms with Crippen LogP contribution in [-0.4, -0.2) is 48.5 Å². The van der Waals surface area contributed by atoms with E-state index in [0.717, 1.165) is 18.4 Å². The molecular weight excluding hydrogens is 567 g/mol. The van der Waals surface area contributed by atoms with Crippen LogP contribution >= 0.6 is 0 Å². The minimum absolute atomic E-state index is 0.0191. The first kappa shape index (κ1) is 28.9. The highest BCUT2D eigenvalue weighted by Crippen LogP contribution is 2.41. The molecular formula is C31H31FN8O4. The molecule has 226 valence electrons. The molecule has 0 bridgehead atoms. The molecule has 1 saturated carbocycles. The highest BCUT2D eigenvalue weighted by Gasteiger charge is 2.26. The van der Waals surface area contributed by atoms with Gasteiger partial charge >= 0.3 is 5.97 Å². The standard InChI is InChI=1S/C31H31FN8O4/c1-3-43-12-10-26(41)44-17-23-22(28-36-30(33)38-31(37-28)35-21-15-34-39(2)16-21)5-4-6-25(23)40-11-9-19-13-20(18-7-8-18)14-24(32)27(19)29(40)42/h4-6,9,11,13-16,18H,3,7-8,10,12,17H2,1-2H3,(H3,33,35,36,37,38). The van der Waals surface area contributed by atoms with Gasteiger partial charge in [-0.1, -0.05) is 18.2 Å². The number of esters is 1. The third-order valence-corrected chi connectivity index (χ3v) is 7.33. The number of nitrogens with zero attached hydrogens (tertiary/aromatic N) is 6. The van der Waals surface area contributed by atoms with Crippen LogP contribution in [0, 0.1) is 5.82 Å². The van der Waals surface area contributed by atoms with Crippen LogP contribution in [0.2, 0.25) is 0 Å². The zero-order valence-electron chi connectivity index (χ0n) is 24.3. The quantitative estimate of drug-likeness (QED) is 0.165. The normalized spacial score (nSPS) is 12.9. The molecule has 0 unspecified atom stereocenters. The first-order chi connectivity index (χ1) is 21.3. The van der Waals surface area contributed by atoms with Gasteiger partial charge in [0.25, 0.3) is 5.56 Å². The van der Waals surface area contributed by atoms with Crippen molar-refractivity contribution in [3.8, 4) is 17.1 Å². The fourth-order valence-corrected chi connectivity index (χ4v) is 5.06. The number of aromatic nitrogens is 6. The number of nitrogens with two attached hydrogens (primary N) is 1. The van der Waals surface area contributed by atoms with E-state index in [0.29, 0.717) is 40.4 Å². The van der Waals surface area contributed by atoms with Crippen molar-refractivity contribution in [3.63, 3.8) is 0 Å². The molecule has 1 aliphatic rings. The Bertz CT molecular complexity index is 1920. The van der Waals surface area contributed by atoms with Crippen molar-refractivity contribution in [1.29, 1.82) is 0 Å². The Labute approximate surface area is 251 Å². The molecule has 3 heterocycles. The number of pyridine rings is 1. The molecule has 6 rings (SSSR count). The van der Waals surface area contributed by atoms with E-state index in [-0.39, 0.29) is 42.7 Å². The van der Waals surface area contributed by atoms with Crippen molar-refractivity contribution in [3.05, 3.63) is 82.3 Å². The van der Waals surface area contributed by atoms with Crippen molar-refractivity contribution in [2.24, 2.45) is 7.05 Å². The monoisotopic (exact) mass is 598 g/mol. The van der Waals surface area contributed by atoms with Gasteiger partial charge in [0.15, 0.2) is 5.82 Å². The van der Waals surface area contributed by atoms with Gasteiger partial charge in [0, 0.05) is 37.2 Å². The van der Waals surface area contributed by atoms with Gasteiger partial charge in [-0.2, -0.15) is 20.1 Å². The number of rotatable bonds is 11. The smallest absolute Gasteiger partial charge is 0.308 e. The van der Waals surface area contributed by atoms with Crippen LogP contribution in [0.3, 0.4) is 0 Å². The lowest BCUT2D eigenvalue weighted by atomic mass is 10.0. The maximum absolute atomic E-state index is 15.4. The van der Waals surface area contributed by atoms with E-state index < -0.39 is 17.3 Å². The molecule has 1 aliphatic carbocycles. The topological polar surface area (TPSA) is 152 Å². The van der Waals surface area contributed by atoms with Crippen molar-refractivity contribution in [2.45, 2.75) is 38.7 Å². The minimum atomic E-state index is -0.569. The fraction of sp³-hybridized carbons (Fsp3) is 0.290. The Morgan fingerprint density at radius 1 is 1.18 bits per heavy atom. The molecule has 44 heavy (non-hydrogen) atoms. The number of hydrogen-bond acceptors (Lipinski definition) is 10. The second-order valence-electron chi connectivity index (χ2n) is 10.5. The molecule has 3 aromatic heterocycles. The summed E-state index contributed by atoms with van der Waals surface area (Å²) in [4.78, 5) is 39.4. The summed E-state index contributed by atoms with van der Waals surface area (Å²) in [7, 11) is 1.78. The Kier molecular flexibility index (Phi) is 8.03. The number of carbonyl (C=O) groups is 1. The Morgan fingerprint density at radius 3 is 2.77 bits per heavy atom. The van der Waals surface area contributed by atoms with Crippen molar-refractivity contribution >= 4 is 34.3 Å². The summed E-state index contributed by atoms with van der Waals surface area (Å²) < 4.78 is 29.2. The molecule has 0 atom stereocenters. The van der Waals surface area contributed by atoms with Gasteiger partial charge in [0.2, 0.25) is 11.9 Å². The molecule has 12 nitrogen and oxygen atoms in total. The largest absolute Gasteiger partial charge is 0.461 e. The third kappa shape index (κ3) is 6.13. The van der Waals surface area contributed by atoms with Crippen LogP contribution < -0.4 is 16.6 Å². The van der Waals surface area contributed by atoms with E-state index in [1.165, 1.54) is 10.6 Å². The zero-order valence-corrected chi connectivity index (χ0v) is 24.3. The number of anilines is 3. The number of benzene rings is 2. The van der Waals surface area contributed by atoms with Crippen LogP contribution in [-0.2, 0) is 27.9 Å². The molecule has 3 N–H and O–H groups in total. The van der Waals surface area contributed by atoms with Crippen LogP contribution in [0.5, 0.6) is 0 Å². The van der Waals surface area contributed by atoms with E-state index in [1.807, 2.05) is 13.0 Å². The van der Waals surface area contributed by atoms with Gasteiger partial charge in [0.1, 0.15) is 12.4 Å². The van der Waals surface area contributed by atoms with Gasteiger partial charge in [0.05, 0.1) is 36.0 Å². The molecule has 2 aromatic carbocycles. The van der Waals surface area contributed by atoms with Gasteiger partial charge in [-0.25, -0.2) is 4.39 Å². The molecule has 0 saturated heterocycles. The zero-order chi connectivity index (χ0) is 30.8. The number of nitrogen functional groups attached to an aromatic ring is 1. The Morgan fingerprint density at radius 2 is 2.02 bits per heavy atom. The highest BCUT2D eigenvalue weighted by molar-refractivity contribution is 5.84. The Balaban J connectivity index is 1.44. The predicted molar refractivity (Wildman–Crippen MR) is 162 cm³/mol. The number of ether oxygens (including phenoxy) is 2. The van der Waals surface area contributed by atoms with E-state index in [9.17, 15) is 9.59 Å². The lowest BCUT2D eigenvalue weighted by molar-refractivity contribution is -0.146. The predicted octanol–water partition coefficient (Wildman–Crippen LogP) is 4.39. The first-order valence-electron chi connectivity index (χ1n) is 14.3. The Hall–Kier alpha value is -5.17. The number of nitrogens with one attached hydrogen (secondary N) is 1. The fourth-order valence-electron chi connectivity index (χ4n) is 5.06. The van der Waals surface area contributed by atoms with Crippen LogP contribution in [0.1, 0.15) is 43.2 Å². The maximum atomic E-state index is 15.4. The molecule has 5 aromatic rings. The number of aryl methyl sites for hydroxylation is 1. The van der Waals surface area contributed by atoms with Gasteiger partial charge in [-0.3, -0.25) is 18.8 Å². The van der Waals surface area contributed by atoms with Crippen LogP contribution in [0.4, 0.5) is 22.0 Å². The number of fused-ring (bicyclic) bond motifs is 1. The SMILES string of the molecule is CCOCCC(=O)OCc1c(-c2nc(N)nc(Nc3cnn(C)c3)n2)cccc1-n1ccc2cc(C3CC3)cc(F)c2c1=O. The van der Waals surface area contributed by atoms with Crippen molar-refractivity contribution in [1.82, 2.24) is 29.3 Å². The first-order valence-corrected chi connectivity index (χ1v) is 14.3. The van der Waals surface area contributed by atoms with E-state index in [1.54, 1.807) is 54.6 Å². The average molecular weight is 599 g/mol. The van der Waals surface area contributed by atoms with Crippen LogP contribution in [0.15, 0.2) is 59.8 Å². The highest BCUT2D eigenvalue weighted by atomic mass is 19.1. The second kappa shape index (κ2) is 12.2. The van der Waals surface area contributed by atoms with Gasteiger partial charge < -0.3 is 20.5 Å². The van der Waals surface area contributed by atoms with E-state index >= 15 is 4.39 Å². The van der Waals surface area contributed by atoms with Crippen LogP contribution in [0.25, 0.3) is 27.8 Å². The van der Waals surface area contributed by atoms with Gasteiger partial charge in [-0.05, 0) is 54.8 Å². The summed E-state index contributed by atoms with van der Waals surface area (Å²) in [5.74, 6) is -0.426. The van der Waals surface area contributed by atoms with E-state index in [4.69, 9.17) is 15.2 Å². The number of halogens is 1. The maximum Gasteiger partial charge on any atom is 0.308 e. The van der Waals surface area contributed by atoms with Gasteiger partial charge in [-0.15, -0.1) is 0 Å². The lowest BCUT2D eigenvalue weighted by Gasteiger charge is -2.17. The number of carbonyl (C=O) groups excluding carboxylic acids is 1. The molecule has 1 fully saturated rings. The average Bonchev–Trinajstić information content (AvgIpc) is 3.77. The molecule has 0 radical (unpaired) electrons. The molecule has 13 heteroatoms. The second-order valence-corrected chi connectivity index (χ2v) is 10.5.